The Hall–Kier alpha value is -1.36. The third-order valence-electron chi connectivity index (χ3n) is 2.12. The molecular formula is C10H16N2O3. The van der Waals surface area contributed by atoms with Gasteiger partial charge in [0.05, 0.1) is 13.2 Å². The fraction of sp³-hybridized carbons (Fsp3) is 0.600. The molecule has 1 saturated heterocycles. The molecule has 0 aliphatic carbocycles. The van der Waals surface area contributed by atoms with E-state index in [0.717, 1.165) is 0 Å². The molecule has 5 nitrogen and oxygen atoms in total. The summed E-state index contributed by atoms with van der Waals surface area (Å²) >= 11 is 0. The Morgan fingerprint density at radius 2 is 2.07 bits per heavy atom. The van der Waals surface area contributed by atoms with Crippen LogP contribution in [0.3, 0.4) is 0 Å². The van der Waals surface area contributed by atoms with E-state index in [1.807, 2.05) is 0 Å². The van der Waals surface area contributed by atoms with Gasteiger partial charge in [0.2, 0.25) is 11.8 Å². The summed E-state index contributed by atoms with van der Waals surface area (Å²) in [6.45, 7) is 6.14. The average Bonchev–Trinajstić information content (AvgIpc) is 2.27. The van der Waals surface area contributed by atoms with Crippen LogP contribution in [0.4, 0.5) is 0 Å². The molecule has 1 aliphatic rings. The van der Waals surface area contributed by atoms with Crippen LogP contribution in [0.25, 0.3) is 0 Å². The Kier molecular flexibility index (Phi) is 4.83. The highest BCUT2D eigenvalue weighted by atomic mass is 16.5. The molecule has 0 bridgehead atoms. The molecule has 1 aliphatic heterocycles. The van der Waals surface area contributed by atoms with E-state index in [1.54, 1.807) is 11.0 Å². The van der Waals surface area contributed by atoms with Gasteiger partial charge in [0, 0.05) is 19.6 Å². The zero-order chi connectivity index (χ0) is 11.1. The van der Waals surface area contributed by atoms with Gasteiger partial charge < -0.3 is 15.0 Å². The van der Waals surface area contributed by atoms with Gasteiger partial charge in [-0.1, -0.05) is 6.08 Å². The minimum absolute atomic E-state index is 0.0894. The summed E-state index contributed by atoms with van der Waals surface area (Å²) in [5.74, 6) is -0.397. The molecule has 15 heavy (non-hydrogen) atoms. The van der Waals surface area contributed by atoms with E-state index in [9.17, 15) is 9.59 Å². The molecule has 0 saturated carbocycles. The van der Waals surface area contributed by atoms with Gasteiger partial charge in [-0.05, 0) is 0 Å². The maximum Gasteiger partial charge on any atom is 0.232 e. The highest BCUT2D eigenvalue weighted by Gasteiger charge is 2.18. The number of carbonyl (C=O) groups is 2. The first-order chi connectivity index (χ1) is 7.24. The van der Waals surface area contributed by atoms with Crippen molar-refractivity contribution in [1.82, 2.24) is 10.2 Å². The van der Waals surface area contributed by atoms with Crippen molar-refractivity contribution in [2.24, 2.45) is 0 Å². The molecule has 1 fully saturated rings. The molecule has 0 radical (unpaired) electrons. The van der Waals surface area contributed by atoms with Crippen LogP contribution in [0.1, 0.15) is 6.42 Å². The predicted octanol–water partition coefficient (Wildman–Crippen LogP) is -0.462. The number of carbonyl (C=O) groups excluding carboxylic acids is 2. The lowest BCUT2D eigenvalue weighted by molar-refractivity contribution is -0.139. The molecule has 84 valence electrons. The molecule has 1 rings (SSSR count). The number of hydrogen-bond acceptors (Lipinski definition) is 3. The van der Waals surface area contributed by atoms with E-state index in [4.69, 9.17) is 4.74 Å². The van der Waals surface area contributed by atoms with Gasteiger partial charge in [-0.25, -0.2) is 0 Å². The smallest absolute Gasteiger partial charge is 0.232 e. The van der Waals surface area contributed by atoms with Crippen molar-refractivity contribution in [3.63, 3.8) is 0 Å². The molecule has 0 aromatic rings. The highest BCUT2D eigenvalue weighted by molar-refractivity contribution is 5.96. The second-order valence-electron chi connectivity index (χ2n) is 3.26. The Bertz CT molecular complexity index is 247. The third kappa shape index (κ3) is 4.12. The topological polar surface area (TPSA) is 58.6 Å². The average molecular weight is 212 g/mol. The standard InChI is InChI=1S/C10H16N2O3/c1-2-3-11-9(13)8-10(14)12-4-6-15-7-5-12/h2H,1,3-8H2,(H,11,13). The summed E-state index contributed by atoms with van der Waals surface area (Å²) in [4.78, 5) is 24.4. The Balaban J connectivity index is 2.27. The molecular weight excluding hydrogens is 196 g/mol. The molecule has 0 atom stereocenters. The number of hydrogen-bond donors (Lipinski definition) is 1. The van der Waals surface area contributed by atoms with Gasteiger partial charge in [-0.15, -0.1) is 6.58 Å². The zero-order valence-corrected chi connectivity index (χ0v) is 8.70. The van der Waals surface area contributed by atoms with Crippen molar-refractivity contribution in [3.05, 3.63) is 12.7 Å². The Morgan fingerprint density at radius 1 is 1.40 bits per heavy atom. The number of nitrogens with one attached hydrogen (secondary N) is 1. The minimum atomic E-state index is -0.258. The monoisotopic (exact) mass is 212 g/mol. The van der Waals surface area contributed by atoms with E-state index < -0.39 is 0 Å². The van der Waals surface area contributed by atoms with Gasteiger partial charge in [-0.2, -0.15) is 0 Å². The number of ether oxygens (including phenoxy) is 1. The quantitative estimate of drug-likeness (QED) is 0.506. The van der Waals surface area contributed by atoms with Crippen molar-refractivity contribution in [1.29, 1.82) is 0 Å². The van der Waals surface area contributed by atoms with E-state index in [-0.39, 0.29) is 18.2 Å². The van der Waals surface area contributed by atoms with Gasteiger partial charge in [0.25, 0.3) is 0 Å². The zero-order valence-electron chi connectivity index (χ0n) is 8.70. The Labute approximate surface area is 89.1 Å². The second-order valence-corrected chi connectivity index (χ2v) is 3.26. The van der Waals surface area contributed by atoms with Crippen LogP contribution < -0.4 is 5.32 Å². The van der Waals surface area contributed by atoms with Crippen LogP contribution in [0.5, 0.6) is 0 Å². The lowest BCUT2D eigenvalue weighted by Gasteiger charge is -2.26. The van der Waals surface area contributed by atoms with Crippen molar-refractivity contribution in [2.45, 2.75) is 6.42 Å². The summed E-state index contributed by atoms with van der Waals surface area (Å²) < 4.78 is 5.11. The number of morpholine rings is 1. The van der Waals surface area contributed by atoms with Gasteiger partial charge >= 0.3 is 0 Å². The largest absolute Gasteiger partial charge is 0.378 e. The number of amides is 2. The minimum Gasteiger partial charge on any atom is -0.378 e. The number of rotatable bonds is 4. The van der Waals surface area contributed by atoms with Crippen LogP contribution >= 0.6 is 0 Å². The van der Waals surface area contributed by atoms with Crippen molar-refractivity contribution in [3.8, 4) is 0 Å². The molecule has 1 heterocycles. The maximum absolute atomic E-state index is 11.6. The molecule has 2 amide bonds. The van der Waals surface area contributed by atoms with Crippen LogP contribution in [-0.4, -0.2) is 49.6 Å². The normalized spacial score (nSPS) is 15.9. The lowest BCUT2D eigenvalue weighted by Crippen LogP contribution is -2.42. The number of nitrogens with zero attached hydrogens (tertiary/aromatic N) is 1. The van der Waals surface area contributed by atoms with E-state index in [2.05, 4.69) is 11.9 Å². The fourth-order valence-electron chi connectivity index (χ4n) is 1.31. The van der Waals surface area contributed by atoms with Crippen LogP contribution in [0.2, 0.25) is 0 Å². The summed E-state index contributed by atoms with van der Waals surface area (Å²) in [6.07, 6.45) is 1.49. The first kappa shape index (κ1) is 11.7. The van der Waals surface area contributed by atoms with Crippen LogP contribution in [0, 0.1) is 0 Å². The first-order valence-electron chi connectivity index (χ1n) is 4.97. The summed E-state index contributed by atoms with van der Waals surface area (Å²) in [5, 5.41) is 2.57. The summed E-state index contributed by atoms with van der Waals surface area (Å²) in [5.41, 5.74) is 0. The fourth-order valence-corrected chi connectivity index (χ4v) is 1.31. The molecule has 0 spiro atoms. The molecule has 0 aromatic carbocycles. The van der Waals surface area contributed by atoms with Gasteiger partial charge in [0.1, 0.15) is 6.42 Å². The summed E-state index contributed by atoms with van der Waals surface area (Å²) in [7, 11) is 0. The van der Waals surface area contributed by atoms with Crippen molar-refractivity contribution in [2.75, 3.05) is 32.8 Å². The highest BCUT2D eigenvalue weighted by Crippen LogP contribution is 1.99. The SMILES string of the molecule is C=CCNC(=O)CC(=O)N1CCOCC1. The molecule has 5 heteroatoms. The molecule has 0 aromatic heterocycles. The van der Waals surface area contributed by atoms with E-state index in [1.165, 1.54) is 0 Å². The van der Waals surface area contributed by atoms with Crippen LogP contribution in [-0.2, 0) is 14.3 Å². The lowest BCUT2D eigenvalue weighted by atomic mass is 10.3. The maximum atomic E-state index is 11.6. The summed E-state index contributed by atoms with van der Waals surface area (Å²) in [6, 6.07) is 0. The van der Waals surface area contributed by atoms with E-state index in [0.29, 0.717) is 32.8 Å². The first-order valence-corrected chi connectivity index (χ1v) is 4.97. The van der Waals surface area contributed by atoms with Crippen molar-refractivity contribution < 1.29 is 14.3 Å². The predicted molar refractivity (Wildman–Crippen MR) is 55.2 cm³/mol. The van der Waals surface area contributed by atoms with Crippen molar-refractivity contribution >= 4 is 11.8 Å². The molecule has 0 unspecified atom stereocenters. The third-order valence-corrected chi connectivity index (χ3v) is 2.12. The van der Waals surface area contributed by atoms with Crippen LogP contribution in [0.15, 0.2) is 12.7 Å². The van der Waals surface area contributed by atoms with E-state index >= 15 is 0 Å². The Morgan fingerprint density at radius 3 is 2.67 bits per heavy atom. The molecule has 1 N–H and O–H groups in total. The van der Waals surface area contributed by atoms with Gasteiger partial charge in [-0.3, -0.25) is 9.59 Å². The second kappa shape index (κ2) is 6.19. The van der Waals surface area contributed by atoms with Gasteiger partial charge in [0.15, 0.2) is 0 Å².